The van der Waals surface area contributed by atoms with E-state index in [9.17, 15) is 4.79 Å². The number of hydrogen-bond acceptors (Lipinski definition) is 2. The van der Waals surface area contributed by atoms with Gasteiger partial charge < -0.3 is 4.90 Å². The summed E-state index contributed by atoms with van der Waals surface area (Å²) < 4.78 is 0. The van der Waals surface area contributed by atoms with Crippen LogP contribution in [0.15, 0.2) is 54.6 Å². The van der Waals surface area contributed by atoms with Gasteiger partial charge in [-0.05, 0) is 37.5 Å². The van der Waals surface area contributed by atoms with Gasteiger partial charge in [-0.25, -0.2) is 4.98 Å². The number of para-hydroxylation sites is 1. The first-order chi connectivity index (χ1) is 13.7. The molecule has 0 N–H and O–H groups in total. The number of hydrogen-bond donors (Lipinski definition) is 0. The van der Waals surface area contributed by atoms with Crippen molar-refractivity contribution in [2.24, 2.45) is 0 Å². The zero-order valence-electron chi connectivity index (χ0n) is 17.2. The smallest absolute Gasteiger partial charge is 0.254 e. The summed E-state index contributed by atoms with van der Waals surface area (Å²) >= 11 is 0. The van der Waals surface area contributed by atoms with Crippen molar-refractivity contribution in [3.63, 3.8) is 0 Å². The molecule has 1 heterocycles. The van der Waals surface area contributed by atoms with Gasteiger partial charge in [0.15, 0.2) is 0 Å². The summed E-state index contributed by atoms with van der Waals surface area (Å²) in [6.07, 6.45) is 4.23. The molecule has 0 aliphatic carbocycles. The number of carbonyl (C=O) groups excluding carboxylic acids is 1. The topological polar surface area (TPSA) is 33.2 Å². The first kappa shape index (κ1) is 20.1. The molecule has 0 saturated carbocycles. The van der Waals surface area contributed by atoms with E-state index in [1.807, 2.05) is 47.4 Å². The third-order valence-corrected chi connectivity index (χ3v) is 5.22. The van der Waals surface area contributed by atoms with E-state index >= 15 is 0 Å². The normalized spacial score (nSPS) is 11.0. The van der Waals surface area contributed by atoms with Crippen molar-refractivity contribution in [1.29, 1.82) is 0 Å². The molecule has 0 fully saturated rings. The molecule has 0 aliphatic heterocycles. The summed E-state index contributed by atoms with van der Waals surface area (Å²) in [5.41, 5.74) is 4.74. The molecule has 0 saturated heterocycles. The number of fused-ring (bicyclic) bond motifs is 1. The van der Waals surface area contributed by atoms with E-state index in [1.54, 1.807) is 0 Å². The van der Waals surface area contributed by atoms with Crippen molar-refractivity contribution < 1.29 is 4.79 Å². The molecule has 0 radical (unpaired) electrons. The van der Waals surface area contributed by atoms with Crippen LogP contribution < -0.4 is 0 Å². The molecule has 3 heteroatoms. The van der Waals surface area contributed by atoms with E-state index in [1.165, 1.54) is 0 Å². The van der Waals surface area contributed by atoms with Crippen molar-refractivity contribution >= 4 is 16.8 Å². The minimum atomic E-state index is 0.121. The molecule has 1 amide bonds. The van der Waals surface area contributed by atoms with Crippen molar-refractivity contribution in [3.8, 4) is 11.3 Å². The minimum absolute atomic E-state index is 0.121. The van der Waals surface area contributed by atoms with Crippen LogP contribution in [0, 0.1) is 6.92 Å². The molecule has 3 nitrogen and oxygen atoms in total. The third kappa shape index (κ3) is 4.41. The van der Waals surface area contributed by atoms with Crippen molar-refractivity contribution in [1.82, 2.24) is 9.88 Å². The summed E-state index contributed by atoms with van der Waals surface area (Å²) in [6.45, 7) is 8.04. The maximum Gasteiger partial charge on any atom is 0.254 e. The van der Waals surface area contributed by atoms with Crippen LogP contribution in [0.25, 0.3) is 22.2 Å². The number of benzene rings is 2. The number of unbranched alkanes of at least 4 members (excludes halogenated alkanes) is 2. The molecule has 146 valence electrons. The lowest BCUT2D eigenvalue weighted by Gasteiger charge is -2.23. The third-order valence-electron chi connectivity index (χ3n) is 5.22. The van der Waals surface area contributed by atoms with Crippen molar-refractivity contribution in [2.75, 3.05) is 13.1 Å². The number of amides is 1. The molecule has 28 heavy (non-hydrogen) atoms. The van der Waals surface area contributed by atoms with Gasteiger partial charge in [-0.1, -0.05) is 69.2 Å². The van der Waals surface area contributed by atoms with Gasteiger partial charge in [-0.3, -0.25) is 4.79 Å². The number of rotatable bonds is 8. The second kappa shape index (κ2) is 9.50. The Morgan fingerprint density at radius 1 is 0.929 bits per heavy atom. The Morgan fingerprint density at radius 2 is 1.57 bits per heavy atom. The molecule has 0 bridgehead atoms. The first-order valence-corrected chi connectivity index (χ1v) is 10.4. The van der Waals surface area contributed by atoms with E-state index in [4.69, 9.17) is 4.98 Å². The number of nitrogens with zero attached hydrogens (tertiary/aromatic N) is 2. The number of aromatic nitrogens is 1. The highest BCUT2D eigenvalue weighted by Gasteiger charge is 2.19. The molecule has 0 aliphatic rings. The zero-order chi connectivity index (χ0) is 19.9. The number of carbonyl (C=O) groups is 1. The zero-order valence-corrected chi connectivity index (χ0v) is 17.2. The lowest BCUT2D eigenvalue weighted by atomic mass is 10.00. The Bertz CT molecular complexity index is 940. The fourth-order valence-electron chi connectivity index (χ4n) is 3.53. The molecular weight excluding hydrogens is 344 g/mol. The van der Waals surface area contributed by atoms with E-state index in [-0.39, 0.29) is 5.91 Å². The van der Waals surface area contributed by atoms with Gasteiger partial charge in [0.1, 0.15) is 0 Å². The SMILES string of the molecule is CCCCN(CCCC)C(=O)c1cc(-c2ccccc2C)nc2ccccc12. The summed E-state index contributed by atoms with van der Waals surface area (Å²) in [6, 6.07) is 18.2. The van der Waals surface area contributed by atoms with Crippen molar-refractivity contribution in [3.05, 3.63) is 65.7 Å². The highest BCUT2D eigenvalue weighted by molar-refractivity contribution is 6.07. The van der Waals surface area contributed by atoms with Gasteiger partial charge in [0, 0.05) is 24.0 Å². The van der Waals surface area contributed by atoms with E-state index in [0.717, 1.165) is 72.1 Å². The van der Waals surface area contributed by atoms with Crippen LogP contribution in [0.2, 0.25) is 0 Å². The molecule has 3 aromatic rings. The fraction of sp³-hybridized carbons (Fsp3) is 0.360. The standard InChI is InChI=1S/C25H30N2O/c1-4-6-16-27(17-7-5-2)25(28)22-18-24(20-13-9-8-12-19(20)3)26-23-15-11-10-14-21(22)23/h8-15,18H,4-7,16-17H2,1-3H3. The Balaban J connectivity index is 2.10. The Hall–Kier alpha value is -2.68. The van der Waals surface area contributed by atoms with E-state index < -0.39 is 0 Å². The second-order valence-corrected chi connectivity index (χ2v) is 7.39. The number of pyridine rings is 1. The van der Waals surface area contributed by atoms with E-state index in [2.05, 4.69) is 32.9 Å². The lowest BCUT2D eigenvalue weighted by Crippen LogP contribution is -2.33. The van der Waals surface area contributed by atoms with Gasteiger partial charge in [0.25, 0.3) is 5.91 Å². The molecule has 0 atom stereocenters. The molecule has 0 unspecified atom stereocenters. The highest BCUT2D eigenvalue weighted by Crippen LogP contribution is 2.28. The average Bonchev–Trinajstić information content (AvgIpc) is 2.73. The molecule has 2 aromatic carbocycles. The molecule has 0 spiro atoms. The monoisotopic (exact) mass is 374 g/mol. The van der Waals surface area contributed by atoms with Gasteiger partial charge in [-0.2, -0.15) is 0 Å². The van der Waals surface area contributed by atoms with Gasteiger partial charge >= 0.3 is 0 Å². The number of aryl methyl sites for hydroxylation is 1. The molecular formula is C25H30N2O. The van der Waals surface area contributed by atoms with Crippen LogP contribution >= 0.6 is 0 Å². The molecule has 3 rings (SSSR count). The lowest BCUT2D eigenvalue weighted by molar-refractivity contribution is 0.0753. The Labute approximate surface area is 168 Å². The molecule has 1 aromatic heterocycles. The quantitative estimate of drug-likeness (QED) is 0.467. The largest absolute Gasteiger partial charge is 0.339 e. The van der Waals surface area contributed by atoms with Crippen LogP contribution in [-0.4, -0.2) is 28.9 Å². The van der Waals surface area contributed by atoms with Crippen LogP contribution in [0.4, 0.5) is 0 Å². The van der Waals surface area contributed by atoms with Gasteiger partial charge in [-0.15, -0.1) is 0 Å². The average molecular weight is 375 g/mol. The predicted molar refractivity (Wildman–Crippen MR) is 118 cm³/mol. The summed E-state index contributed by atoms with van der Waals surface area (Å²) in [7, 11) is 0. The maximum absolute atomic E-state index is 13.5. The Kier molecular flexibility index (Phi) is 6.80. The minimum Gasteiger partial charge on any atom is -0.339 e. The van der Waals surface area contributed by atoms with Crippen LogP contribution in [0.5, 0.6) is 0 Å². The van der Waals surface area contributed by atoms with Crippen LogP contribution in [0.1, 0.15) is 55.5 Å². The summed E-state index contributed by atoms with van der Waals surface area (Å²) in [4.78, 5) is 20.4. The fourth-order valence-corrected chi connectivity index (χ4v) is 3.53. The van der Waals surface area contributed by atoms with Gasteiger partial charge in [0.05, 0.1) is 16.8 Å². The van der Waals surface area contributed by atoms with Gasteiger partial charge in [0.2, 0.25) is 0 Å². The van der Waals surface area contributed by atoms with Crippen LogP contribution in [-0.2, 0) is 0 Å². The predicted octanol–water partition coefficient (Wildman–Crippen LogP) is 6.25. The Morgan fingerprint density at radius 3 is 2.25 bits per heavy atom. The second-order valence-electron chi connectivity index (χ2n) is 7.39. The summed E-state index contributed by atoms with van der Waals surface area (Å²) in [5, 5.41) is 0.933. The summed E-state index contributed by atoms with van der Waals surface area (Å²) in [5.74, 6) is 0.121. The first-order valence-electron chi connectivity index (χ1n) is 10.4. The van der Waals surface area contributed by atoms with E-state index in [0.29, 0.717) is 0 Å². The maximum atomic E-state index is 13.5. The van der Waals surface area contributed by atoms with Crippen LogP contribution in [0.3, 0.4) is 0 Å². The van der Waals surface area contributed by atoms with Crippen molar-refractivity contribution in [2.45, 2.75) is 46.5 Å². The highest BCUT2D eigenvalue weighted by atomic mass is 16.2.